The first-order valence-corrected chi connectivity index (χ1v) is 7.73. The van der Waals surface area contributed by atoms with E-state index >= 15 is 0 Å². The Morgan fingerprint density at radius 3 is 2.50 bits per heavy atom. The molecule has 18 heavy (non-hydrogen) atoms. The first-order valence-electron chi connectivity index (χ1n) is 6.29. The normalized spacial score (nSPS) is 22.6. The van der Waals surface area contributed by atoms with E-state index in [0.717, 1.165) is 19.3 Å². The van der Waals surface area contributed by atoms with Crippen LogP contribution in [-0.2, 0) is 10.0 Å². The molecule has 1 saturated heterocycles. The second-order valence-corrected chi connectivity index (χ2v) is 6.87. The Kier molecular flexibility index (Phi) is 3.92. The molecular weight excluding hydrogens is 250 g/mol. The van der Waals surface area contributed by atoms with Crippen LogP contribution >= 0.6 is 0 Å². The molecule has 0 saturated carbocycles. The minimum Gasteiger partial charge on any atom is -0.508 e. The number of rotatable bonds is 2. The molecule has 1 fully saturated rings. The Balaban J connectivity index is 2.22. The van der Waals surface area contributed by atoms with Crippen LogP contribution in [0.5, 0.6) is 5.75 Å². The monoisotopic (exact) mass is 269 g/mol. The second kappa shape index (κ2) is 5.28. The summed E-state index contributed by atoms with van der Waals surface area (Å²) in [7, 11) is -3.40. The molecule has 5 heteroatoms. The molecule has 1 heterocycles. The zero-order valence-electron chi connectivity index (χ0n) is 10.5. The molecule has 1 aliphatic heterocycles. The van der Waals surface area contributed by atoms with E-state index in [1.807, 2.05) is 0 Å². The maximum Gasteiger partial charge on any atom is 0.243 e. The summed E-state index contributed by atoms with van der Waals surface area (Å²) in [6.07, 6.45) is 2.91. The van der Waals surface area contributed by atoms with E-state index < -0.39 is 10.0 Å². The van der Waals surface area contributed by atoms with Gasteiger partial charge in [-0.1, -0.05) is 6.92 Å². The van der Waals surface area contributed by atoms with Crippen LogP contribution in [0.15, 0.2) is 29.2 Å². The Morgan fingerprint density at radius 1 is 1.17 bits per heavy atom. The van der Waals surface area contributed by atoms with Gasteiger partial charge in [0.05, 0.1) is 4.90 Å². The highest BCUT2D eigenvalue weighted by Crippen LogP contribution is 2.23. The van der Waals surface area contributed by atoms with Gasteiger partial charge in [0.2, 0.25) is 10.0 Å². The molecule has 0 amide bonds. The molecular formula is C13H19NO3S. The fourth-order valence-corrected chi connectivity index (χ4v) is 3.74. The van der Waals surface area contributed by atoms with E-state index in [4.69, 9.17) is 0 Å². The third-order valence-corrected chi connectivity index (χ3v) is 5.36. The number of sulfonamides is 1. The van der Waals surface area contributed by atoms with Gasteiger partial charge in [0.25, 0.3) is 0 Å². The summed E-state index contributed by atoms with van der Waals surface area (Å²) in [6, 6.07) is 5.73. The smallest absolute Gasteiger partial charge is 0.243 e. The van der Waals surface area contributed by atoms with Crippen LogP contribution in [-0.4, -0.2) is 30.9 Å². The summed E-state index contributed by atoms with van der Waals surface area (Å²) in [4.78, 5) is 0.259. The fraction of sp³-hybridized carbons (Fsp3) is 0.538. The van der Waals surface area contributed by atoms with Crippen LogP contribution in [0, 0.1) is 5.92 Å². The maximum absolute atomic E-state index is 12.4. The van der Waals surface area contributed by atoms with Crippen molar-refractivity contribution in [3.63, 3.8) is 0 Å². The number of nitrogens with zero attached hydrogens (tertiary/aromatic N) is 1. The fourth-order valence-electron chi connectivity index (χ4n) is 2.24. The minimum atomic E-state index is -3.40. The van der Waals surface area contributed by atoms with Gasteiger partial charge in [-0.3, -0.25) is 0 Å². The molecule has 2 rings (SSSR count). The summed E-state index contributed by atoms with van der Waals surface area (Å²) >= 11 is 0. The van der Waals surface area contributed by atoms with Crippen molar-refractivity contribution >= 4 is 10.0 Å². The van der Waals surface area contributed by atoms with E-state index in [1.165, 1.54) is 24.3 Å². The molecule has 0 spiro atoms. The maximum atomic E-state index is 12.4. The number of aromatic hydroxyl groups is 1. The van der Waals surface area contributed by atoms with Gasteiger partial charge in [-0.15, -0.1) is 0 Å². The summed E-state index contributed by atoms with van der Waals surface area (Å²) in [6.45, 7) is 3.34. The van der Waals surface area contributed by atoms with Gasteiger partial charge in [0.15, 0.2) is 0 Å². The molecule has 1 atom stereocenters. The summed E-state index contributed by atoms with van der Waals surface area (Å²) in [5, 5.41) is 9.20. The number of hydrogen-bond donors (Lipinski definition) is 1. The van der Waals surface area contributed by atoms with Gasteiger partial charge in [-0.2, -0.15) is 4.31 Å². The third-order valence-electron chi connectivity index (χ3n) is 3.45. The van der Waals surface area contributed by atoms with Crippen molar-refractivity contribution in [3.8, 4) is 5.75 Å². The molecule has 100 valence electrons. The van der Waals surface area contributed by atoms with Crippen molar-refractivity contribution in [2.24, 2.45) is 5.92 Å². The minimum absolute atomic E-state index is 0.0819. The number of benzene rings is 1. The summed E-state index contributed by atoms with van der Waals surface area (Å²) in [5.41, 5.74) is 0. The van der Waals surface area contributed by atoms with Crippen molar-refractivity contribution in [2.45, 2.75) is 31.1 Å². The quantitative estimate of drug-likeness (QED) is 0.895. The predicted molar refractivity (Wildman–Crippen MR) is 69.9 cm³/mol. The number of hydrogen-bond acceptors (Lipinski definition) is 3. The number of phenols is 1. The second-order valence-electron chi connectivity index (χ2n) is 4.93. The van der Waals surface area contributed by atoms with Crippen LogP contribution < -0.4 is 0 Å². The van der Waals surface area contributed by atoms with Crippen LogP contribution in [0.3, 0.4) is 0 Å². The first-order chi connectivity index (χ1) is 8.50. The predicted octanol–water partition coefficient (Wildman–Crippen LogP) is 2.20. The molecule has 1 aliphatic rings. The lowest BCUT2D eigenvalue weighted by Gasteiger charge is -2.20. The Morgan fingerprint density at radius 2 is 1.83 bits per heavy atom. The Hall–Kier alpha value is -1.07. The molecule has 1 aromatic carbocycles. The van der Waals surface area contributed by atoms with Gasteiger partial charge in [-0.05, 0) is 49.4 Å². The molecule has 4 nitrogen and oxygen atoms in total. The average Bonchev–Trinajstić information content (AvgIpc) is 2.55. The van der Waals surface area contributed by atoms with E-state index in [-0.39, 0.29) is 10.6 Å². The van der Waals surface area contributed by atoms with Gasteiger partial charge >= 0.3 is 0 Å². The molecule has 0 bridgehead atoms. The third kappa shape index (κ3) is 2.84. The SMILES string of the molecule is CC1CCCN(S(=O)(=O)c2ccc(O)cc2)CC1. The van der Waals surface area contributed by atoms with Gasteiger partial charge < -0.3 is 5.11 Å². The zero-order chi connectivity index (χ0) is 13.2. The Bertz CT molecular complexity index is 495. The van der Waals surface area contributed by atoms with Crippen molar-refractivity contribution in [3.05, 3.63) is 24.3 Å². The van der Waals surface area contributed by atoms with Crippen molar-refractivity contribution in [1.29, 1.82) is 0 Å². The van der Waals surface area contributed by atoms with Crippen LogP contribution in [0.2, 0.25) is 0 Å². The topological polar surface area (TPSA) is 57.6 Å². The van der Waals surface area contributed by atoms with E-state index in [1.54, 1.807) is 4.31 Å². The average molecular weight is 269 g/mol. The molecule has 1 unspecified atom stereocenters. The van der Waals surface area contributed by atoms with Gasteiger partial charge in [0.1, 0.15) is 5.75 Å². The van der Waals surface area contributed by atoms with Crippen LogP contribution in [0.1, 0.15) is 26.2 Å². The lowest BCUT2D eigenvalue weighted by atomic mass is 10.0. The van der Waals surface area contributed by atoms with Crippen LogP contribution in [0.25, 0.3) is 0 Å². The molecule has 0 aromatic heterocycles. The lowest BCUT2D eigenvalue weighted by molar-refractivity contribution is 0.416. The van der Waals surface area contributed by atoms with Gasteiger partial charge in [-0.25, -0.2) is 8.42 Å². The van der Waals surface area contributed by atoms with E-state index in [9.17, 15) is 13.5 Å². The molecule has 1 N–H and O–H groups in total. The molecule has 1 aromatic rings. The number of phenolic OH excluding ortho intramolecular Hbond substituents is 1. The van der Waals surface area contributed by atoms with E-state index in [0.29, 0.717) is 19.0 Å². The van der Waals surface area contributed by atoms with Crippen molar-refractivity contribution < 1.29 is 13.5 Å². The largest absolute Gasteiger partial charge is 0.508 e. The van der Waals surface area contributed by atoms with Gasteiger partial charge in [0, 0.05) is 13.1 Å². The highest BCUT2D eigenvalue weighted by atomic mass is 32.2. The standard InChI is InChI=1S/C13H19NO3S/c1-11-3-2-9-14(10-8-11)18(16,17)13-6-4-12(15)5-7-13/h4-7,11,15H,2-3,8-10H2,1H3. The molecule has 0 aliphatic carbocycles. The zero-order valence-corrected chi connectivity index (χ0v) is 11.4. The highest BCUT2D eigenvalue weighted by molar-refractivity contribution is 7.89. The van der Waals surface area contributed by atoms with E-state index in [2.05, 4.69) is 6.92 Å². The summed E-state index contributed by atoms with van der Waals surface area (Å²) < 4.78 is 26.4. The van der Waals surface area contributed by atoms with Crippen LogP contribution in [0.4, 0.5) is 0 Å². The van der Waals surface area contributed by atoms with Crippen molar-refractivity contribution in [2.75, 3.05) is 13.1 Å². The Labute approximate surface area is 108 Å². The highest BCUT2D eigenvalue weighted by Gasteiger charge is 2.26. The summed E-state index contributed by atoms with van der Waals surface area (Å²) in [5.74, 6) is 0.670. The molecule has 0 radical (unpaired) electrons. The first kappa shape index (κ1) is 13.4. The van der Waals surface area contributed by atoms with Crippen molar-refractivity contribution in [1.82, 2.24) is 4.31 Å². The lowest BCUT2D eigenvalue weighted by Crippen LogP contribution is -2.32.